The van der Waals surface area contributed by atoms with Crippen LogP contribution in [0.15, 0.2) is 30.4 Å². The van der Waals surface area contributed by atoms with Crippen molar-refractivity contribution in [2.45, 2.75) is 40.0 Å². The number of carbonyl (C=O) groups excluding carboxylic acids is 2. The lowest BCUT2D eigenvalue weighted by atomic mass is 9.77. The molecule has 0 saturated heterocycles. The fraction of sp³-hybridized carbons (Fsp3) is 0.524. The van der Waals surface area contributed by atoms with Crippen molar-refractivity contribution in [1.29, 1.82) is 0 Å². The van der Waals surface area contributed by atoms with Gasteiger partial charge in [0.25, 0.3) is 0 Å². The SMILES string of the molecule is C/C=C/C(C)(C)CC(=O)C(C(=O)OCC)C(C[N+](=O)[O-])c1ccc2c(c1)OCO2. The van der Waals surface area contributed by atoms with E-state index in [1.807, 2.05) is 32.9 Å². The zero-order chi connectivity index (χ0) is 21.6. The van der Waals surface area contributed by atoms with Gasteiger partial charge >= 0.3 is 5.97 Å². The van der Waals surface area contributed by atoms with Crippen LogP contribution in [-0.2, 0) is 14.3 Å². The van der Waals surface area contributed by atoms with Crippen molar-refractivity contribution in [3.8, 4) is 11.5 Å². The molecular weight excluding hydrogens is 378 g/mol. The summed E-state index contributed by atoms with van der Waals surface area (Å²) in [6.45, 7) is 6.76. The van der Waals surface area contributed by atoms with Gasteiger partial charge in [-0.25, -0.2) is 0 Å². The lowest BCUT2D eigenvalue weighted by Gasteiger charge is -2.26. The van der Waals surface area contributed by atoms with Crippen LogP contribution in [-0.4, -0.2) is 36.6 Å². The number of ether oxygens (including phenoxy) is 3. The van der Waals surface area contributed by atoms with Gasteiger partial charge in [-0.2, -0.15) is 0 Å². The molecule has 0 bridgehead atoms. The molecule has 0 saturated carbocycles. The summed E-state index contributed by atoms with van der Waals surface area (Å²) in [7, 11) is 0. The van der Waals surface area contributed by atoms with Crippen molar-refractivity contribution < 1.29 is 28.7 Å². The first-order valence-electron chi connectivity index (χ1n) is 9.53. The Hall–Kier alpha value is -2.90. The van der Waals surface area contributed by atoms with Gasteiger partial charge < -0.3 is 14.2 Å². The van der Waals surface area contributed by atoms with Crippen LogP contribution >= 0.6 is 0 Å². The van der Waals surface area contributed by atoms with Gasteiger partial charge in [-0.15, -0.1) is 0 Å². The number of carbonyl (C=O) groups is 2. The molecule has 0 aromatic heterocycles. The second-order valence-electron chi connectivity index (χ2n) is 7.60. The molecule has 1 aromatic carbocycles. The first-order valence-corrected chi connectivity index (χ1v) is 9.53. The van der Waals surface area contributed by atoms with E-state index < -0.39 is 40.5 Å². The Labute approximate surface area is 170 Å². The highest BCUT2D eigenvalue weighted by Crippen LogP contribution is 2.38. The lowest BCUT2D eigenvalue weighted by Crippen LogP contribution is -2.37. The summed E-state index contributed by atoms with van der Waals surface area (Å²) < 4.78 is 15.8. The fourth-order valence-electron chi connectivity index (χ4n) is 3.53. The van der Waals surface area contributed by atoms with Gasteiger partial charge in [-0.1, -0.05) is 32.1 Å². The standard InChI is InChI=1S/C21H27NO7/c1-5-9-21(3,4)11-16(23)19(20(24)27-6-2)15(12-22(25)26)14-7-8-17-18(10-14)29-13-28-17/h5,7-10,15,19H,6,11-13H2,1-4H3/b9-5+. The largest absolute Gasteiger partial charge is 0.465 e. The average molecular weight is 405 g/mol. The van der Waals surface area contributed by atoms with Crippen LogP contribution in [0.2, 0.25) is 0 Å². The number of esters is 1. The molecule has 8 nitrogen and oxygen atoms in total. The molecule has 1 aromatic rings. The van der Waals surface area contributed by atoms with Crippen molar-refractivity contribution in [3.05, 3.63) is 46.0 Å². The molecule has 0 fully saturated rings. The van der Waals surface area contributed by atoms with Crippen LogP contribution in [0.5, 0.6) is 11.5 Å². The first-order chi connectivity index (χ1) is 13.7. The summed E-state index contributed by atoms with van der Waals surface area (Å²) in [6.07, 6.45) is 3.76. The maximum absolute atomic E-state index is 13.2. The predicted octanol–water partition coefficient (Wildman–Crippen LogP) is 3.52. The van der Waals surface area contributed by atoms with Gasteiger partial charge in [0.15, 0.2) is 11.5 Å². The number of hydrogen-bond acceptors (Lipinski definition) is 7. The first kappa shape index (κ1) is 22.4. The molecule has 1 heterocycles. The average Bonchev–Trinajstić information content (AvgIpc) is 3.08. The minimum Gasteiger partial charge on any atom is -0.465 e. The van der Waals surface area contributed by atoms with E-state index in [1.165, 1.54) is 0 Å². The Bertz CT molecular complexity index is 800. The highest BCUT2D eigenvalue weighted by atomic mass is 16.7. The normalized spacial score (nSPS) is 15.2. The van der Waals surface area contributed by atoms with Crippen molar-refractivity contribution in [2.75, 3.05) is 19.9 Å². The molecule has 8 heteroatoms. The van der Waals surface area contributed by atoms with E-state index in [0.29, 0.717) is 17.1 Å². The van der Waals surface area contributed by atoms with Crippen LogP contribution in [0.1, 0.15) is 45.6 Å². The number of allylic oxidation sites excluding steroid dienone is 2. The molecule has 1 aliphatic rings. The van der Waals surface area contributed by atoms with E-state index in [4.69, 9.17) is 14.2 Å². The van der Waals surface area contributed by atoms with Crippen LogP contribution in [0.25, 0.3) is 0 Å². The second kappa shape index (κ2) is 9.54. The third-order valence-corrected chi connectivity index (χ3v) is 4.71. The van der Waals surface area contributed by atoms with Gasteiger partial charge in [0.1, 0.15) is 11.7 Å². The van der Waals surface area contributed by atoms with Gasteiger partial charge in [0, 0.05) is 11.3 Å². The van der Waals surface area contributed by atoms with E-state index in [-0.39, 0.29) is 19.8 Å². The van der Waals surface area contributed by atoms with E-state index in [9.17, 15) is 19.7 Å². The number of ketones is 1. The minimum atomic E-state index is -1.29. The zero-order valence-electron chi connectivity index (χ0n) is 17.2. The van der Waals surface area contributed by atoms with Gasteiger partial charge in [0.2, 0.25) is 13.3 Å². The van der Waals surface area contributed by atoms with Crippen LogP contribution < -0.4 is 9.47 Å². The summed E-state index contributed by atoms with van der Waals surface area (Å²) in [4.78, 5) is 36.8. The molecule has 29 heavy (non-hydrogen) atoms. The van der Waals surface area contributed by atoms with E-state index in [0.717, 1.165) is 0 Å². The molecule has 0 spiro atoms. The molecular formula is C21H27NO7. The Morgan fingerprint density at radius 2 is 2.00 bits per heavy atom. The second-order valence-corrected chi connectivity index (χ2v) is 7.60. The molecule has 0 aliphatic carbocycles. The highest BCUT2D eigenvalue weighted by Gasteiger charge is 2.41. The third-order valence-electron chi connectivity index (χ3n) is 4.71. The van der Waals surface area contributed by atoms with E-state index >= 15 is 0 Å². The van der Waals surface area contributed by atoms with Gasteiger partial charge in [-0.05, 0) is 37.0 Å². The third kappa shape index (κ3) is 5.79. The van der Waals surface area contributed by atoms with Gasteiger partial charge in [-0.3, -0.25) is 19.7 Å². The Balaban J connectivity index is 2.45. The molecule has 0 N–H and O–H groups in total. The molecule has 0 amide bonds. The predicted molar refractivity (Wildman–Crippen MR) is 106 cm³/mol. The summed E-state index contributed by atoms with van der Waals surface area (Å²) in [6, 6.07) is 4.84. The van der Waals surface area contributed by atoms with Crippen LogP contribution in [0, 0.1) is 21.4 Å². The monoisotopic (exact) mass is 405 g/mol. The summed E-state index contributed by atoms with van der Waals surface area (Å²) >= 11 is 0. The quantitative estimate of drug-likeness (QED) is 0.193. The van der Waals surface area contributed by atoms with Crippen LogP contribution in [0.3, 0.4) is 0 Å². The smallest absolute Gasteiger partial charge is 0.317 e. The van der Waals surface area contributed by atoms with E-state index in [2.05, 4.69) is 0 Å². The lowest BCUT2D eigenvalue weighted by molar-refractivity contribution is -0.484. The topological polar surface area (TPSA) is 105 Å². The van der Waals surface area contributed by atoms with Crippen molar-refractivity contribution in [2.24, 2.45) is 11.3 Å². The fourth-order valence-corrected chi connectivity index (χ4v) is 3.53. The van der Waals surface area contributed by atoms with Crippen LogP contribution in [0.4, 0.5) is 0 Å². The van der Waals surface area contributed by atoms with E-state index in [1.54, 1.807) is 25.1 Å². The Morgan fingerprint density at radius 1 is 1.31 bits per heavy atom. The number of nitrogens with zero attached hydrogens (tertiary/aromatic N) is 1. The molecule has 1 aliphatic heterocycles. The Morgan fingerprint density at radius 3 is 2.62 bits per heavy atom. The summed E-state index contributed by atoms with van der Waals surface area (Å²) in [5, 5.41) is 11.4. The van der Waals surface area contributed by atoms with Crippen molar-refractivity contribution in [1.82, 2.24) is 0 Å². The number of nitro groups is 1. The molecule has 2 atom stereocenters. The number of Topliss-reactive ketones (excluding diaryl/α,β-unsaturated/α-hetero) is 1. The molecule has 0 radical (unpaired) electrons. The summed E-state index contributed by atoms with van der Waals surface area (Å²) in [5.74, 6) is -2.46. The molecule has 2 rings (SSSR count). The summed E-state index contributed by atoms with van der Waals surface area (Å²) in [5.41, 5.74) is -0.0360. The maximum atomic E-state index is 13.2. The Kier molecular flexibility index (Phi) is 7.36. The number of rotatable bonds is 10. The minimum absolute atomic E-state index is 0.0521. The number of hydrogen-bond donors (Lipinski definition) is 0. The maximum Gasteiger partial charge on any atom is 0.317 e. The number of benzene rings is 1. The highest BCUT2D eigenvalue weighted by molar-refractivity contribution is 6.00. The van der Waals surface area contributed by atoms with Crippen molar-refractivity contribution >= 4 is 11.8 Å². The molecule has 158 valence electrons. The van der Waals surface area contributed by atoms with Gasteiger partial charge in [0.05, 0.1) is 12.5 Å². The van der Waals surface area contributed by atoms with Crippen molar-refractivity contribution in [3.63, 3.8) is 0 Å². The molecule has 2 unspecified atom stereocenters. The zero-order valence-corrected chi connectivity index (χ0v) is 17.2. The number of fused-ring (bicyclic) bond motifs is 1.